The van der Waals surface area contributed by atoms with Gasteiger partial charge in [0.2, 0.25) is 5.95 Å². The summed E-state index contributed by atoms with van der Waals surface area (Å²) in [5.74, 6) is 2.12. The van der Waals surface area contributed by atoms with Crippen LogP contribution in [0.2, 0.25) is 0 Å². The second kappa shape index (κ2) is 7.66. The molecule has 1 atom stereocenters. The van der Waals surface area contributed by atoms with E-state index >= 15 is 0 Å². The van der Waals surface area contributed by atoms with Gasteiger partial charge in [-0.3, -0.25) is 0 Å². The number of methoxy groups -OCH3 is 1. The van der Waals surface area contributed by atoms with Crippen LogP contribution >= 0.6 is 0 Å². The van der Waals surface area contributed by atoms with E-state index in [9.17, 15) is 0 Å². The average Bonchev–Trinajstić information content (AvgIpc) is 2.62. The third kappa shape index (κ3) is 4.47. The van der Waals surface area contributed by atoms with E-state index in [0.29, 0.717) is 5.95 Å². The Hall–Kier alpha value is -3.08. The van der Waals surface area contributed by atoms with Gasteiger partial charge in [-0.1, -0.05) is 36.4 Å². The molecule has 0 saturated carbocycles. The van der Waals surface area contributed by atoms with Crippen LogP contribution in [-0.2, 0) is 0 Å². The van der Waals surface area contributed by atoms with Crippen molar-refractivity contribution in [1.82, 2.24) is 9.97 Å². The van der Waals surface area contributed by atoms with E-state index in [0.717, 1.165) is 22.9 Å². The fourth-order valence-electron chi connectivity index (χ4n) is 2.58. The molecule has 3 rings (SSSR count). The van der Waals surface area contributed by atoms with Gasteiger partial charge in [0, 0.05) is 29.6 Å². The molecule has 0 spiro atoms. The highest BCUT2D eigenvalue weighted by Crippen LogP contribution is 2.22. The van der Waals surface area contributed by atoms with E-state index in [1.807, 2.05) is 55.5 Å². The highest BCUT2D eigenvalue weighted by Gasteiger charge is 2.08. The van der Waals surface area contributed by atoms with Gasteiger partial charge < -0.3 is 15.4 Å². The van der Waals surface area contributed by atoms with E-state index in [-0.39, 0.29) is 6.04 Å². The molecule has 2 aromatic carbocycles. The molecule has 0 fully saturated rings. The number of nitrogens with one attached hydrogen (secondary N) is 2. The lowest BCUT2D eigenvalue weighted by Gasteiger charge is -2.16. The van der Waals surface area contributed by atoms with Gasteiger partial charge in [-0.25, -0.2) is 4.98 Å². The van der Waals surface area contributed by atoms with Crippen molar-refractivity contribution in [2.24, 2.45) is 0 Å². The van der Waals surface area contributed by atoms with Crippen LogP contribution in [0.25, 0.3) is 0 Å². The minimum Gasteiger partial charge on any atom is -0.497 e. The molecule has 5 heteroatoms. The van der Waals surface area contributed by atoms with Crippen molar-refractivity contribution in [3.63, 3.8) is 0 Å². The van der Waals surface area contributed by atoms with Crippen molar-refractivity contribution >= 4 is 17.5 Å². The van der Waals surface area contributed by atoms with Crippen molar-refractivity contribution < 1.29 is 4.74 Å². The molecule has 128 valence electrons. The molecular formula is C20H22N4O. The Kier molecular flexibility index (Phi) is 5.14. The Morgan fingerprint density at radius 1 is 0.960 bits per heavy atom. The molecular weight excluding hydrogens is 312 g/mol. The van der Waals surface area contributed by atoms with Crippen LogP contribution in [0.5, 0.6) is 5.75 Å². The number of anilines is 3. The molecule has 5 nitrogen and oxygen atoms in total. The van der Waals surface area contributed by atoms with Gasteiger partial charge in [0.25, 0.3) is 0 Å². The maximum absolute atomic E-state index is 5.25. The first-order chi connectivity index (χ1) is 12.1. The predicted molar refractivity (Wildman–Crippen MR) is 102 cm³/mol. The Morgan fingerprint density at radius 3 is 2.52 bits per heavy atom. The monoisotopic (exact) mass is 334 g/mol. The number of hydrogen-bond donors (Lipinski definition) is 2. The van der Waals surface area contributed by atoms with Crippen LogP contribution in [0, 0.1) is 6.92 Å². The standard InChI is InChI=1S/C20H22N4O/c1-14-12-19(22-15(2)16-8-5-4-6-9-16)24-20(21-14)23-17-10-7-11-18(13-17)25-3/h4-13,15H,1-3H3,(H2,21,22,23,24). The zero-order chi connectivity index (χ0) is 17.6. The van der Waals surface area contributed by atoms with Crippen molar-refractivity contribution in [1.29, 1.82) is 0 Å². The minimum atomic E-state index is 0.153. The smallest absolute Gasteiger partial charge is 0.229 e. The van der Waals surface area contributed by atoms with E-state index in [2.05, 4.69) is 39.7 Å². The zero-order valence-corrected chi connectivity index (χ0v) is 14.7. The van der Waals surface area contributed by atoms with E-state index < -0.39 is 0 Å². The van der Waals surface area contributed by atoms with Crippen molar-refractivity contribution in [3.8, 4) is 5.75 Å². The molecule has 2 N–H and O–H groups in total. The quantitative estimate of drug-likeness (QED) is 0.683. The Labute approximate surface area is 148 Å². The molecule has 0 aliphatic carbocycles. The zero-order valence-electron chi connectivity index (χ0n) is 14.7. The van der Waals surface area contributed by atoms with E-state index in [1.165, 1.54) is 5.56 Å². The van der Waals surface area contributed by atoms with Gasteiger partial charge in [-0.05, 0) is 31.5 Å². The van der Waals surface area contributed by atoms with Gasteiger partial charge >= 0.3 is 0 Å². The second-order valence-corrected chi connectivity index (χ2v) is 5.85. The van der Waals surface area contributed by atoms with Crippen LogP contribution in [0.4, 0.5) is 17.5 Å². The second-order valence-electron chi connectivity index (χ2n) is 5.85. The average molecular weight is 334 g/mol. The lowest BCUT2D eigenvalue weighted by atomic mass is 10.1. The summed E-state index contributed by atoms with van der Waals surface area (Å²) in [5.41, 5.74) is 2.98. The van der Waals surface area contributed by atoms with Gasteiger partial charge in [0.05, 0.1) is 7.11 Å². The van der Waals surface area contributed by atoms with Gasteiger partial charge in [-0.2, -0.15) is 4.98 Å². The topological polar surface area (TPSA) is 59.1 Å². The fraction of sp³-hybridized carbons (Fsp3) is 0.200. The largest absolute Gasteiger partial charge is 0.497 e. The van der Waals surface area contributed by atoms with Crippen molar-refractivity contribution in [3.05, 3.63) is 71.9 Å². The van der Waals surface area contributed by atoms with Crippen LogP contribution in [-0.4, -0.2) is 17.1 Å². The van der Waals surface area contributed by atoms with Crippen molar-refractivity contribution in [2.45, 2.75) is 19.9 Å². The highest BCUT2D eigenvalue weighted by atomic mass is 16.5. The summed E-state index contributed by atoms with van der Waals surface area (Å²) >= 11 is 0. The fourth-order valence-corrected chi connectivity index (χ4v) is 2.58. The number of nitrogens with zero attached hydrogens (tertiary/aromatic N) is 2. The molecule has 0 aliphatic rings. The molecule has 1 unspecified atom stereocenters. The van der Waals surface area contributed by atoms with E-state index in [4.69, 9.17) is 4.74 Å². The summed E-state index contributed by atoms with van der Waals surface area (Å²) in [6.07, 6.45) is 0. The van der Waals surface area contributed by atoms with Crippen LogP contribution in [0.3, 0.4) is 0 Å². The normalized spacial score (nSPS) is 11.6. The van der Waals surface area contributed by atoms with Crippen LogP contribution < -0.4 is 15.4 Å². The highest BCUT2D eigenvalue weighted by molar-refractivity contribution is 5.57. The Morgan fingerprint density at radius 2 is 1.76 bits per heavy atom. The van der Waals surface area contributed by atoms with Gasteiger partial charge in [0.1, 0.15) is 11.6 Å². The summed E-state index contributed by atoms with van der Waals surface area (Å²) in [7, 11) is 1.65. The molecule has 0 bridgehead atoms. The summed E-state index contributed by atoms with van der Waals surface area (Å²) in [6.45, 7) is 4.07. The molecule has 0 saturated heterocycles. The summed E-state index contributed by atoms with van der Waals surface area (Å²) in [6, 6.07) is 20.1. The minimum absolute atomic E-state index is 0.153. The molecule has 0 radical (unpaired) electrons. The molecule has 1 heterocycles. The van der Waals surface area contributed by atoms with Crippen LogP contribution in [0.15, 0.2) is 60.7 Å². The molecule has 1 aromatic heterocycles. The van der Waals surface area contributed by atoms with Crippen LogP contribution in [0.1, 0.15) is 24.2 Å². The maximum atomic E-state index is 5.25. The molecule has 0 aliphatic heterocycles. The third-order valence-electron chi connectivity index (χ3n) is 3.84. The first kappa shape index (κ1) is 16.8. The SMILES string of the molecule is COc1cccc(Nc2nc(C)cc(NC(C)c3ccccc3)n2)c1. The predicted octanol–water partition coefficient (Wildman–Crippen LogP) is 4.71. The van der Waals surface area contributed by atoms with Gasteiger partial charge in [0.15, 0.2) is 0 Å². The number of aromatic nitrogens is 2. The lowest BCUT2D eigenvalue weighted by molar-refractivity contribution is 0.415. The molecule has 0 amide bonds. The first-order valence-electron chi connectivity index (χ1n) is 8.22. The number of aryl methyl sites for hydroxylation is 1. The third-order valence-corrected chi connectivity index (χ3v) is 3.84. The first-order valence-corrected chi connectivity index (χ1v) is 8.22. The number of benzene rings is 2. The summed E-state index contributed by atoms with van der Waals surface area (Å²) < 4.78 is 5.25. The Balaban J connectivity index is 1.78. The number of ether oxygens (including phenoxy) is 1. The number of hydrogen-bond acceptors (Lipinski definition) is 5. The molecule has 3 aromatic rings. The number of rotatable bonds is 6. The summed E-state index contributed by atoms with van der Waals surface area (Å²) in [4.78, 5) is 9.04. The molecule has 25 heavy (non-hydrogen) atoms. The Bertz CT molecular complexity index is 836. The van der Waals surface area contributed by atoms with E-state index in [1.54, 1.807) is 7.11 Å². The van der Waals surface area contributed by atoms with Crippen molar-refractivity contribution in [2.75, 3.05) is 17.7 Å². The summed E-state index contributed by atoms with van der Waals surface area (Å²) in [5, 5.41) is 6.66. The van der Waals surface area contributed by atoms with Gasteiger partial charge in [-0.15, -0.1) is 0 Å². The maximum Gasteiger partial charge on any atom is 0.229 e. The lowest BCUT2D eigenvalue weighted by Crippen LogP contribution is -2.09.